The first-order chi connectivity index (χ1) is 14.0. The maximum atomic E-state index is 12.9. The Morgan fingerprint density at radius 1 is 1.14 bits per heavy atom. The number of rotatable bonds is 12. The fraction of sp³-hybridized carbons (Fsp3) is 0.727. The number of unbranched alkanes of at least 4 members (excludes halogenated alkanes) is 2. The number of nitrogens with one attached hydrogen (secondary N) is 1. The summed E-state index contributed by atoms with van der Waals surface area (Å²) in [6.45, 7) is 12.1. The van der Waals surface area contributed by atoms with Crippen LogP contribution in [0.1, 0.15) is 60.9 Å². The predicted octanol–water partition coefficient (Wildman–Crippen LogP) is 2.76. The molecule has 29 heavy (non-hydrogen) atoms. The van der Waals surface area contributed by atoms with Crippen LogP contribution < -0.4 is 5.32 Å². The van der Waals surface area contributed by atoms with Crippen LogP contribution in [0, 0.1) is 13.8 Å². The van der Waals surface area contributed by atoms with Crippen molar-refractivity contribution in [1.82, 2.24) is 15.1 Å². The van der Waals surface area contributed by atoms with E-state index in [1.54, 1.807) is 11.0 Å². The summed E-state index contributed by atoms with van der Waals surface area (Å²) < 4.78 is 10.9. The number of amides is 2. The molecule has 2 rings (SSSR count). The molecule has 1 aliphatic heterocycles. The normalized spacial score (nSPS) is 14.7. The lowest BCUT2D eigenvalue weighted by Gasteiger charge is -2.26. The number of ether oxygens (including phenoxy) is 1. The molecule has 1 N–H and O–H groups in total. The number of nitrogens with zero attached hydrogens (tertiary/aromatic N) is 2. The summed E-state index contributed by atoms with van der Waals surface area (Å²) >= 11 is 0. The van der Waals surface area contributed by atoms with Crippen LogP contribution in [-0.4, -0.2) is 74.1 Å². The van der Waals surface area contributed by atoms with E-state index in [0.717, 1.165) is 64.3 Å². The molecule has 7 nitrogen and oxygen atoms in total. The molecule has 1 fully saturated rings. The van der Waals surface area contributed by atoms with Gasteiger partial charge in [0.2, 0.25) is 5.91 Å². The fourth-order valence-electron chi connectivity index (χ4n) is 3.56. The highest BCUT2D eigenvalue weighted by Gasteiger charge is 2.21. The zero-order valence-corrected chi connectivity index (χ0v) is 18.3. The average molecular weight is 408 g/mol. The molecule has 2 amide bonds. The van der Waals surface area contributed by atoms with Crippen molar-refractivity contribution >= 4 is 11.8 Å². The third-order valence-corrected chi connectivity index (χ3v) is 5.28. The first-order valence-corrected chi connectivity index (χ1v) is 10.9. The summed E-state index contributed by atoms with van der Waals surface area (Å²) in [6.07, 6.45) is 4.36. The molecule has 0 bridgehead atoms. The highest BCUT2D eigenvalue weighted by molar-refractivity contribution is 5.95. The van der Waals surface area contributed by atoms with Gasteiger partial charge >= 0.3 is 0 Å². The molecule has 1 aromatic rings. The van der Waals surface area contributed by atoms with E-state index >= 15 is 0 Å². The number of morpholine rings is 1. The molecule has 1 aliphatic rings. The van der Waals surface area contributed by atoms with Crippen molar-refractivity contribution in [2.24, 2.45) is 0 Å². The molecule has 7 heteroatoms. The van der Waals surface area contributed by atoms with Gasteiger partial charge in [-0.25, -0.2) is 0 Å². The molecule has 0 aromatic carbocycles. The van der Waals surface area contributed by atoms with Crippen molar-refractivity contribution in [3.63, 3.8) is 0 Å². The molecule has 0 saturated carbocycles. The Balaban J connectivity index is 1.76. The Morgan fingerprint density at radius 2 is 1.90 bits per heavy atom. The van der Waals surface area contributed by atoms with Gasteiger partial charge in [0.25, 0.3) is 5.91 Å². The number of carbonyl (C=O) groups is 2. The van der Waals surface area contributed by atoms with E-state index in [1.807, 2.05) is 13.8 Å². The van der Waals surface area contributed by atoms with Crippen LogP contribution in [0.3, 0.4) is 0 Å². The van der Waals surface area contributed by atoms with Gasteiger partial charge in [-0.15, -0.1) is 0 Å². The lowest BCUT2D eigenvalue weighted by atomic mass is 10.2. The minimum absolute atomic E-state index is 0.000338. The van der Waals surface area contributed by atoms with Crippen molar-refractivity contribution in [1.29, 1.82) is 0 Å². The lowest BCUT2D eigenvalue weighted by Crippen LogP contribution is -2.39. The number of carbonyl (C=O) groups excluding carboxylic acids is 2. The third kappa shape index (κ3) is 8.19. The number of hydrogen-bond acceptors (Lipinski definition) is 5. The molecule has 1 aromatic heterocycles. The molecule has 0 spiro atoms. The van der Waals surface area contributed by atoms with Crippen LogP contribution >= 0.6 is 0 Å². The van der Waals surface area contributed by atoms with E-state index in [-0.39, 0.29) is 11.8 Å². The van der Waals surface area contributed by atoms with Gasteiger partial charge in [0, 0.05) is 39.1 Å². The van der Waals surface area contributed by atoms with Crippen LogP contribution in [0.15, 0.2) is 10.5 Å². The van der Waals surface area contributed by atoms with E-state index in [0.29, 0.717) is 37.4 Å². The smallest absolute Gasteiger partial charge is 0.257 e. The Bertz CT molecular complexity index is 638. The van der Waals surface area contributed by atoms with Crippen LogP contribution in [-0.2, 0) is 9.53 Å². The molecule has 0 atom stereocenters. The van der Waals surface area contributed by atoms with E-state index in [4.69, 9.17) is 9.15 Å². The monoisotopic (exact) mass is 407 g/mol. The Kier molecular flexibility index (Phi) is 10.2. The second kappa shape index (κ2) is 12.6. The van der Waals surface area contributed by atoms with Crippen molar-refractivity contribution in [2.45, 2.75) is 52.9 Å². The molecule has 1 saturated heterocycles. The van der Waals surface area contributed by atoms with Gasteiger partial charge in [-0.2, -0.15) is 0 Å². The van der Waals surface area contributed by atoms with Crippen LogP contribution in [0.25, 0.3) is 0 Å². The second-order valence-corrected chi connectivity index (χ2v) is 7.73. The molecule has 0 unspecified atom stereocenters. The third-order valence-electron chi connectivity index (χ3n) is 5.28. The minimum Gasteiger partial charge on any atom is -0.466 e. The first-order valence-electron chi connectivity index (χ1n) is 10.9. The second-order valence-electron chi connectivity index (χ2n) is 7.73. The van der Waals surface area contributed by atoms with Gasteiger partial charge < -0.3 is 19.4 Å². The van der Waals surface area contributed by atoms with Gasteiger partial charge in [0.1, 0.15) is 11.5 Å². The lowest BCUT2D eigenvalue weighted by molar-refractivity contribution is -0.121. The maximum Gasteiger partial charge on any atom is 0.257 e. The zero-order valence-electron chi connectivity index (χ0n) is 18.3. The summed E-state index contributed by atoms with van der Waals surface area (Å²) in [7, 11) is 0. The quantitative estimate of drug-likeness (QED) is 0.539. The highest BCUT2D eigenvalue weighted by Crippen LogP contribution is 2.17. The van der Waals surface area contributed by atoms with E-state index in [9.17, 15) is 9.59 Å². The van der Waals surface area contributed by atoms with Crippen LogP contribution in [0.4, 0.5) is 0 Å². The van der Waals surface area contributed by atoms with Crippen molar-refractivity contribution in [3.05, 3.63) is 23.2 Å². The van der Waals surface area contributed by atoms with E-state index in [1.165, 1.54) is 0 Å². The molecule has 0 radical (unpaired) electrons. The maximum absolute atomic E-state index is 12.9. The van der Waals surface area contributed by atoms with E-state index in [2.05, 4.69) is 17.1 Å². The number of hydrogen-bond donors (Lipinski definition) is 1. The SMILES string of the molecule is CCCCCN(CCC(=O)NCCCN1CCOCC1)C(=O)c1cc(C)oc1C. The number of aryl methyl sites for hydroxylation is 2. The Labute approximate surface area is 174 Å². The van der Waals surface area contributed by atoms with Gasteiger partial charge in [0.15, 0.2) is 0 Å². The minimum atomic E-state index is -0.0458. The summed E-state index contributed by atoms with van der Waals surface area (Å²) in [4.78, 5) is 29.3. The molecule has 164 valence electrons. The molecule has 2 heterocycles. The largest absolute Gasteiger partial charge is 0.466 e. The van der Waals surface area contributed by atoms with Gasteiger partial charge in [0.05, 0.1) is 18.8 Å². The summed E-state index contributed by atoms with van der Waals surface area (Å²) in [5.41, 5.74) is 0.602. The Hall–Kier alpha value is -1.86. The van der Waals surface area contributed by atoms with Crippen molar-refractivity contribution in [2.75, 3.05) is 52.5 Å². The average Bonchev–Trinajstić information content (AvgIpc) is 3.06. The van der Waals surface area contributed by atoms with Gasteiger partial charge in [-0.05, 0) is 39.3 Å². The number of furan rings is 1. The fourth-order valence-corrected chi connectivity index (χ4v) is 3.56. The predicted molar refractivity (Wildman–Crippen MR) is 113 cm³/mol. The molecular weight excluding hydrogens is 370 g/mol. The van der Waals surface area contributed by atoms with E-state index < -0.39 is 0 Å². The summed E-state index contributed by atoms with van der Waals surface area (Å²) in [5.74, 6) is 1.33. The standard InChI is InChI=1S/C22H37N3O4/c1-4-5-6-11-25(22(27)20-17-18(2)29-19(20)3)12-8-21(26)23-9-7-10-24-13-15-28-16-14-24/h17H,4-16H2,1-3H3,(H,23,26). The molecule has 0 aliphatic carbocycles. The summed E-state index contributed by atoms with van der Waals surface area (Å²) in [5, 5.41) is 2.99. The summed E-state index contributed by atoms with van der Waals surface area (Å²) in [6, 6.07) is 1.79. The van der Waals surface area contributed by atoms with Crippen LogP contribution in [0.2, 0.25) is 0 Å². The first kappa shape index (κ1) is 23.4. The van der Waals surface area contributed by atoms with Crippen molar-refractivity contribution < 1.29 is 18.7 Å². The van der Waals surface area contributed by atoms with Gasteiger partial charge in [-0.3, -0.25) is 14.5 Å². The molecular formula is C22H37N3O4. The highest BCUT2D eigenvalue weighted by atomic mass is 16.5. The van der Waals surface area contributed by atoms with Crippen molar-refractivity contribution in [3.8, 4) is 0 Å². The Morgan fingerprint density at radius 3 is 2.55 bits per heavy atom. The topological polar surface area (TPSA) is 75.0 Å². The van der Waals surface area contributed by atoms with Crippen LogP contribution in [0.5, 0.6) is 0 Å². The zero-order chi connectivity index (χ0) is 21.1. The van der Waals surface area contributed by atoms with Gasteiger partial charge in [-0.1, -0.05) is 19.8 Å².